The van der Waals surface area contributed by atoms with Gasteiger partial charge in [0.1, 0.15) is 11.5 Å². The van der Waals surface area contributed by atoms with E-state index in [-0.39, 0.29) is 11.5 Å². The quantitative estimate of drug-likeness (QED) is 0.645. The average Bonchev–Trinajstić information content (AvgIpc) is 2.85. The Balaban J connectivity index is 2.15. The van der Waals surface area contributed by atoms with E-state index < -0.39 is 5.41 Å². The van der Waals surface area contributed by atoms with Crippen LogP contribution in [0.15, 0.2) is 102 Å². The highest BCUT2D eigenvalue weighted by Crippen LogP contribution is 2.57. The molecule has 142 valence electrons. The van der Waals surface area contributed by atoms with Gasteiger partial charge in [-0.15, -0.1) is 0 Å². The standard InChI is InChI=1S/C27H22O2/c1-3-4-11-25-19(2)24-10-5-6-12-26(24)27(25,21-14-17-23(29)18-15-21)20-8-7-9-22(28)16-13-20/h3-6,10-18,28-29H,2,9H2,1H3/b4-3-,25-11+. The van der Waals surface area contributed by atoms with Gasteiger partial charge in [-0.3, -0.25) is 0 Å². The number of allylic oxidation sites excluding steroid dienone is 9. The summed E-state index contributed by atoms with van der Waals surface area (Å²) in [7, 11) is 0. The summed E-state index contributed by atoms with van der Waals surface area (Å²) >= 11 is 0. The average molecular weight is 378 g/mol. The Labute approximate surface area is 171 Å². The lowest BCUT2D eigenvalue weighted by Gasteiger charge is -2.33. The summed E-state index contributed by atoms with van der Waals surface area (Å²) in [5, 5.41) is 19.9. The second-order valence-electron chi connectivity index (χ2n) is 7.14. The number of phenolic OH excluding ortho intramolecular Hbond substituents is 1. The number of hydrogen-bond acceptors (Lipinski definition) is 2. The summed E-state index contributed by atoms with van der Waals surface area (Å²) in [6, 6.07) is 15.5. The Bertz CT molecular complexity index is 1160. The highest BCUT2D eigenvalue weighted by molar-refractivity contribution is 5.94. The molecule has 2 N–H and O–H groups in total. The van der Waals surface area contributed by atoms with Crippen molar-refractivity contribution in [3.63, 3.8) is 0 Å². The first kappa shape index (κ1) is 18.7. The fourth-order valence-electron chi connectivity index (χ4n) is 4.20. The van der Waals surface area contributed by atoms with E-state index in [2.05, 4.69) is 36.6 Å². The van der Waals surface area contributed by atoms with Crippen LogP contribution in [0.2, 0.25) is 0 Å². The van der Waals surface area contributed by atoms with Crippen molar-refractivity contribution in [3.05, 3.63) is 119 Å². The molecule has 0 saturated heterocycles. The fourth-order valence-corrected chi connectivity index (χ4v) is 4.20. The second kappa shape index (κ2) is 7.37. The first-order valence-electron chi connectivity index (χ1n) is 9.60. The number of aliphatic hydroxyl groups excluding tert-OH is 1. The molecular weight excluding hydrogens is 356 g/mol. The van der Waals surface area contributed by atoms with E-state index in [1.807, 2.05) is 49.4 Å². The molecule has 0 heterocycles. The van der Waals surface area contributed by atoms with Gasteiger partial charge in [0, 0.05) is 5.57 Å². The molecule has 29 heavy (non-hydrogen) atoms. The van der Waals surface area contributed by atoms with Gasteiger partial charge in [-0.1, -0.05) is 73.0 Å². The number of fused-ring (bicyclic) bond motifs is 1. The van der Waals surface area contributed by atoms with Gasteiger partial charge in [0.25, 0.3) is 0 Å². The van der Waals surface area contributed by atoms with Crippen molar-refractivity contribution in [1.29, 1.82) is 0 Å². The number of benzene rings is 2. The second-order valence-corrected chi connectivity index (χ2v) is 7.14. The molecule has 2 aliphatic rings. The smallest absolute Gasteiger partial charge is 0.115 e. The van der Waals surface area contributed by atoms with Crippen molar-refractivity contribution < 1.29 is 10.2 Å². The third kappa shape index (κ3) is 2.92. The molecule has 2 nitrogen and oxygen atoms in total. The van der Waals surface area contributed by atoms with Crippen molar-refractivity contribution in [2.75, 3.05) is 0 Å². The van der Waals surface area contributed by atoms with E-state index >= 15 is 0 Å². The van der Waals surface area contributed by atoms with Crippen LogP contribution in [0, 0.1) is 11.8 Å². The molecule has 0 aliphatic heterocycles. The van der Waals surface area contributed by atoms with Crippen molar-refractivity contribution in [3.8, 4) is 17.6 Å². The van der Waals surface area contributed by atoms with Gasteiger partial charge in [-0.2, -0.15) is 0 Å². The zero-order valence-corrected chi connectivity index (χ0v) is 16.3. The SMILES string of the molecule is C=C1/C(=C\C=C/C)C(C2=CC=C(O)CC#C2)(c2ccc(O)cc2)c2ccccc21. The van der Waals surface area contributed by atoms with Gasteiger partial charge >= 0.3 is 0 Å². The topological polar surface area (TPSA) is 40.5 Å². The van der Waals surface area contributed by atoms with E-state index in [0.29, 0.717) is 6.42 Å². The minimum Gasteiger partial charge on any atom is -0.511 e. The molecule has 0 saturated carbocycles. The molecule has 1 atom stereocenters. The lowest BCUT2D eigenvalue weighted by Crippen LogP contribution is -2.29. The molecule has 2 aliphatic carbocycles. The van der Waals surface area contributed by atoms with Crippen molar-refractivity contribution in [2.24, 2.45) is 0 Å². The molecule has 2 aromatic rings. The van der Waals surface area contributed by atoms with Crippen LogP contribution >= 0.6 is 0 Å². The minimum atomic E-state index is -0.672. The number of hydrogen-bond donors (Lipinski definition) is 2. The predicted molar refractivity (Wildman–Crippen MR) is 118 cm³/mol. The molecule has 0 aromatic heterocycles. The van der Waals surface area contributed by atoms with Crippen LogP contribution < -0.4 is 0 Å². The molecular formula is C27H22O2. The Morgan fingerprint density at radius 1 is 1.03 bits per heavy atom. The first-order valence-corrected chi connectivity index (χ1v) is 9.60. The van der Waals surface area contributed by atoms with Crippen LogP contribution in [-0.4, -0.2) is 10.2 Å². The van der Waals surface area contributed by atoms with Crippen molar-refractivity contribution >= 4 is 5.57 Å². The van der Waals surface area contributed by atoms with Crippen molar-refractivity contribution in [2.45, 2.75) is 18.8 Å². The molecule has 0 bridgehead atoms. The highest BCUT2D eigenvalue weighted by Gasteiger charge is 2.48. The maximum atomic E-state index is 10.0. The summed E-state index contributed by atoms with van der Waals surface area (Å²) in [6.45, 7) is 6.39. The lowest BCUT2D eigenvalue weighted by molar-refractivity contribution is 0.403. The Morgan fingerprint density at radius 3 is 2.55 bits per heavy atom. The summed E-state index contributed by atoms with van der Waals surface area (Å²) in [5.74, 6) is 6.86. The van der Waals surface area contributed by atoms with Crippen LogP contribution in [0.5, 0.6) is 5.75 Å². The van der Waals surface area contributed by atoms with Gasteiger partial charge < -0.3 is 10.2 Å². The van der Waals surface area contributed by atoms with Gasteiger partial charge in [0.2, 0.25) is 0 Å². The largest absolute Gasteiger partial charge is 0.511 e. The molecule has 2 aromatic carbocycles. The van der Waals surface area contributed by atoms with E-state index in [4.69, 9.17) is 0 Å². The van der Waals surface area contributed by atoms with E-state index in [1.165, 1.54) is 0 Å². The zero-order chi connectivity index (χ0) is 20.4. The number of phenols is 1. The third-order valence-electron chi connectivity index (χ3n) is 5.48. The van der Waals surface area contributed by atoms with E-state index in [9.17, 15) is 10.2 Å². The molecule has 0 radical (unpaired) electrons. The minimum absolute atomic E-state index is 0.214. The number of rotatable bonds is 3. The van der Waals surface area contributed by atoms with E-state index in [1.54, 1.807) is 18.2 Å². The molecule has 4 rings (SSSR count). The molecule has 0 spiro atoms. The maximum absolute atomic E-state index is 10.0. The lowest BCUT2D eigenvalue weighted by atomic mass is 9.67. The van der Waals surface area contributed by atoms with Crippen molar-refractivity contribution in [1.82, 2.24) is 0 Å². The normalized spacial score (nSPS) is 22.0. The van der Waals surface area contributed by atoms with Crippen LogP contribution in [0.1, 0.15) is 30.0 Å². The van der Waals surface area contributed by atoms with Crippen LogP contribution in [0.4, 0.5) is 0 Å². The predicted octanol–water partition coefficient (Wildman–Crippen LogP) is 5.98. The maximum Gasteiger partial charge on any atom is 0.115 e. The Hall–Kier alpha value is -3.70. The number of aromatic hydroxyl groups is 1. The molecule has 0 fully saturated rings. The van der Waals surface area contributed by atoms with Gasteiger partial charge in [-0.05, 0) is 59.0 Å². The summed E-state index contributed by atoms with van der Waals surface area (Å²) in [4.78, 5) is 0. The van der Waals surface area contributed by atoms with E-state index in [0.717, 1.165) is 33.4 Å². The van der Waals surface area contributed by atoms with Gasteiger partial charge in [-0.25, -0.2) is 0 Å². The fraction of sp³-hybridized carbons (Fsp3) is 0.111. The van der Waals surface area contributed by atoms with Gasteiger partial charge in [0.05, 0.1) is 11.8 Å². The first-order chi connectivity index (χ1) is 14.1. The zero-order valence-electron chi connectivity index (χ0n) is 16.3. The van der Waals surface area contributed by atoms with Crippen LogP contribution in [0.25, 0.3) is 5.57 Å². The monoisotopic (exact) mass is 378 g/mol. The van der Waals surface area contributed by atoms with Crippen LogP contribution in [0.3, 0.4) is 0 Å². The summed E-state index contributed by atoms with van der Waals surface area (Å²) in [5.41, 5.74) is 5.36. The number of aliphatic hydroxyl groups is 1. The molecule has 1 unspecified atom stereocenters. The highest BCUT2D eigenvalue weighted by atomic mass is 16.3. The van der Waals surface area contributed by atoms with Gasteiger partial charge in [0.15, 0.2) is 0 Å². The third-order valence-corrected chi connectivity index (χ3v) is 5.48. The Kier molecular flexibility index (Phi) is 4.74. The summed E-state index contributed by atoms with van der Waals surface area (Å²) < 4.78 is 0. The Morgan fingerprint density at radius 2 is 1.79 bits per heavy atom. The molecule has 2 heteroatoms. The van der Waals surface area contributed by atoms with Crippen LogP contribution in [-0.2, 0) is 5.41 Å². The molecule has 0 amide bonds. The summed E-state index contributed by atoms with van der Waals surface area (Å²) in [6.07, 6.45) is 10.0.